The van der Waals surface area contributed by atoms with Crippen LogP contribution in [-0.2, 0) is 27.8 Å². The minimum Gasteiger partial charge on any atom is -0.497 e. The molecule has 0 N–H and O–H groups in total. The maximum absolute atomic E-state index is 12.9. The van der Waals surface area contributed by atoms with Crippen molar-refractivity contribution in [1.82, 2.24) is 9.21 Å². The van der Waals surface area contributed by atoms with Gasteiger partial charge in [0.15, 0.2) is 0 Å². The Morgan fingerprint density at radius 1 is 0.935 bits per heavy atom. The highest BCUT2D eigenvalue weighted by Crippen LogP contribution is 2.23. The molecule has 0 atom stereocenters. The SMILES string of the molecule is COc1ccc2cc(CN(C)Cc3cccc(S(=O)(=O)N4CCOCC4)c3)ccc2c1. The molecule has 1 aliphatic rings. The Labute approximate surface area is 184 Å². The number of sulfonamides is 1. The van der Waals surface area contributed by atoms with Crippen LogP contribution in [0.5, 0.6) is 5.75 Å². The van der Waals surface area contributed by atoms with Gasteiger partial charge in [0, 0.05) is 26.2 Å². The van der Waals surface area contributed by atoms with Gasteiger partial charge in [-0.05, 0) is 59.3 Å². The molecule has 1 fully saturated rings. The van der Waals surface area contributed by atoms with E-state index in [1.807, 2.05) is 31.3 Å². The molecule has 6 nitrogen and oxygen atoms in total. The maximum atomic E-state index is 12.9. The molecular weight excluding hydrogens is 412 g/mol. The maximum Gasteiger partial charge on any atom is 0.243 e. The normalized spacial score (nSPS) is 15.5. The highest BCUT2D eigenvalue weighted by Gasteiger charge is 2.26. The van der Waals surface area contributed by atoms with Crippen molar-refractivity contribution >= 4 is 20.8 Å². The number of rotatable bonds is 7. The molecule has 0 amide bonds. The number of nitrogens with zero attached hydrogens (tertiary/aromatic N) is 2. The molecule has 3 aromatic rings. The summed E-state index contributed by atoms with van der Waals surface area (Å²) in [6.45, 7) is 3.12. The fourth-order valence-electron chi connectivity index (χ4n) is 3.92. The van der Waals surface area contributed by atoms with Crippen LogP contribution < -0.4 is 4.74 Å². The molecule has 1 aliphatic heterocycles. The number of hydrogen-bond acceptors (Lipinski definition) is 5. The van der Waals surface area contributed by atoms with Crippen LogP contribution in [0.4, 0.5) is 0 Å². The zero-order chi connectivity index (χ0) is 21.8. The summed E-state index contributed by atoms with van der Waals surface area (Å²) < 4.78 is 38.0. The van der Waals surface area contributed by atoms with E-state index in [9.17, 15) is 8.42 Å². The van der Waals surface area contributed by atoms with E-state index in [1.54, 1.807) is 19.2 Å². The van der Waals surface area contributed by atoms with Gasteiger partial charge < -0.3 is 9.47 Å². The van der Waals surface area contributed by atoms with Gasteiger partial charge in [-0.1, -0.05) is 30.3 Å². The minimum absolute atomic E-state index is 0.347. The number of methoxy groups -OCH3 is 1. The second-order valence-electron chi connectivity index (χ2n) is 7.88. The standard InChI is InChI=1S/C24H28N2O4S/c1-25(18-20-6-7-22-16-23(29-2)9-8-21(22)14-20)17-19-4-3-5-24(15-19)31(27,28)26-10-12-30-13-11-26/h3-9,14-16H,10-13,17-18H2,1-2H3. The van der Waals surface area contributed by atoms with Crippen LogP contribution in [0, 0.1) is 0 Å². The van der Waals surface area contributed by atoms with Gasteiger partial charge in [-0.2, -0.15) is 4.31 Å². The highest BCUT2D eigenvalue weighted by molar-refractivity contribution is 7.89. The number of hydrogen-bond donors (Lipinski definition) is 0. The van der Waals surface area contributed by atoms with Crippen molar-refractivity contribution in [3.05, 3.63) is 71.8 Å². The lowest BCUT2D eigenvalue weighted by molar-refractivity contribution is 0.0730. The van der Waals surface area contributed by atoms with Crippen molar-refractivity contribution in [2.45, 2.75) is 18.0 Å². The van der Waals surface area contributed by atoms with E-state index in [0.717, 1.165) is 23.2 Å². The van der Waals surface area contributed by atoms with Gasteiger partial charge >= 0.3 is 0 Å². The Balaban J connectivity index is 1.45. The van der Waals surface area contributed by atoms with Crippen molar-refractivity contribution in [3.8, 4) is 5.75 Å². The van der Waals surface area contributed by atoms with Crippen LogP contribution in [0.3, 0.4) is 0 Å². The quantitative estimate of drug-likeness (QED) is 0.563. The fraction of sp³-hybridized carbons (Fsp3) is 0.333. The number of morpholine rings is 1. The molecule has 31 heavy (non-hydrogen) atoms. The summed E-state index contributed by atoms with van der Waals surface area (Å²) in [6.07, 6.45) is 0. The summed E-state index contributed by atoms with van der Waals surface area (Å²) in [4.78, 5) is 2.53. The molecular formula is C24H28N2O4S. The first-order chi connectivity index (χ1) is 15.0. The van der Waals surface area contributed by atoms with Crippen LogP contribution in [0.25, 0.3) is 10.8 Å². The van der Waals surface area contributed by atoms with Crippen LogP contribution >= 0.6 is 0 Å². The van der Waals surface area contributed by atoms with Crippen LogP contribution in [-0.4, -0.2) is 58.1 Å². The summed E-state index contributed by atoms with van der Waals surface area (Å²) in [6, 6.07) is 19.7. The van der Waals surface area contributed by atoms with E-state index in [2.05, 4.69) is 29.2 Å². The lowest BCUT2D eigenvalue weighted by Crippen LogP contribution is -2.40. The van der Waals surface area contributed by atoms with E-state index in [1.165, 1.54) is 15.3 Å². The zero-order valence-corrected chi connectivity index (χ0v) is 18.8. The molecule has 0 spiro atoms. The van der Waals surface area contributed by atoms with Crippen molar-refractivity contribution < 1.29 is 17.9 Å². The van der Waals surface area contributed by atoms with Gasteiger partial charge in [0.1, 0.15) is 5.75 Å². The molecule has 0 bridgehead atoms. The molecule has 1 saturated heterocycles. The van der Waals surface area contributed by atoms with E-state index in [0.29, 0.717) is 37.7 Å². The molecule has 0 aromatic heterocycles. The number of benzene rings is 3. The second-order valence-corrected chi connectivity index (χ2v) is 9.82. The van der Waals surface area contributed by atoms with Gasteiger partial charge in [-0.15, -0.1) is 0 Å². The number of ether oxygens (including phenoxy) is 2. The third-order valence-electron chi connectivity index (χ3n) is 5.52. The van der Waals surface area contributed by atoms with Crippen LogP contribution in [0.1, 0.15) is 11.1 Å². The smallest absolute Gasteiger partial charge is 0.243 e. The van der Waals surface area contributed by atoms with Crippen LogP contribution in [0.2, 0.25) is 0 Å². The molecule has 0 saturated carbocycles. The van der Waals surface area contributed by atoms with Gasteiger partial charge in [0.05, 0.1) is 25.2 Å². The van der Waals surface area contributed by atoms with E-state index >= 15 is 0 Å². The summed E-state index contributed by atoms with van der Waals surface area (Å²) in [5.74, 6) is 0.851. The highest BCUT2D eigenvalue weighted by atomic mass is 32.2. The molecule has 164 valence electrons. The van der Waals surface area contributed by atoms with Crippen molar-refractivity contribution in [2.24, 2.45) is 0 Å². The van der Waals surface area contributed by atoms with E-state index in [4.69, 9.17) is 9.47 Å². The Morgan fingerprint density at radius 2 is 1.61 bits per heavy atom. The van der Waals surface area contributed by atoms with Gasteiger partial charge in [0.2, 0.25) is 10.0 Å². The lowest BCUT2D eigenvalue weighted by atomic mass is 10.1. The van der Waals surface area contributed by atoms with Gasteiger partial charge in [0.25, 0.3) is 0 Å². The molecule has 7 heteroatoms. The Hall–Kier alpha value is -2.45. The summed E-state index contributed by atoms with van der Waals surface area (Å²) >= 11 is 0. The second kappa shape index (κ2) is 9.36. The summed E-state index contributed by atoms with van der Waals surface area (Å²) in [5.41, 5.74) is 2.18. The Morgan fingerprint density at radius 3 is 2.35 bits per heavy atom. The largest absolute Gasteiger partial charge is 0.497 e. The number of fused-ring (bicyclic) bond motifs is 1. The van der Waals surface area contributed by atoms with E-state index in [-0.39, 0.29) is 0 Å². The summed E-state index contributed by atoms with van der Waals surface area (Å²) in [7, 11) is 0.231. The summed E-state index contributed by atoms with van der Waals surface area (Å²) in [5, 5.41) is 2.32. The molecule has 0 aliphatic carbocycles. The van der Waals surface area contributed by atoms with Crippen molar-refractivity contribution in [3.63, 3.8) is 0 Å². The third kappa shape index (κ3) is 5.07. The minimum atomic E-state index is -3.48. The zero-order valence-electron chi connectivity index (χ0n) is 18.0. The first-order valence-electron chi connectivity index (χ1n) is 10.4. The Kier molecular flexibility index (Phi) is 6.57. The molecule has 0 radical (unpaired) electrons. The molecule has 3 aromatic carbocycles. The topological polar surface area (TPSA) is 59.1 Å². The Bertz CT molecular complexity index is 1160. The van der Waals surface area contributed by atoms with Crippen LogP contribution in [0.15, 0.2) is 65.6 Å². The monoisotopic (exact) mass is 440 g/mol. The van der Waals surface area contributed by atoms with E-state index < -0.39 is 10.0 Å². The average Bonchev–Trinajstić information content (AvgIpc) is 2.79. The fourth-order valence-corrected chi connectivity index (χ4v) is 5.40. The molecule has 4 rings (SSSR count). The van der Waals surface area contributed by atoms with Crippen molar-refractivity contribution in [1.29, 1.82) is 0 Å². The van der Waals surface area contributed by atoms with Gasteiger partial charge in [-0.25, -0.2) is 8.42 Å². The first-order valence-corrected chi connectivity index (χ1v) is 11.8. The van der Waals surface area contributed by atoms with Gasteiger partial charge in [-0.3, -0.25) is 4.90 Å². The molecule has 0 unspecified atom stereocenters. The lowest BCUT2D eigenvalue weighted by Gasteiger charge is -2.26. The predicted octanol–water partition coefficient (Wildman–Crippen LogP) is 3.50. The average molecular weight is 441 g/mol. The first kappa shape index (κ1) is 21.8. The molecule has 1 heterocycles. The van der Waals surface area contributed by atoms with Crippen molar-refractivity contribution in [2.75, 3.05) is 40.5 Å². The predicted molar refractivity (Wildman–Crippen MR) is 122 cm³/mol. The third-order valence-corrected chi connectivity index (χ3v) is 7.42.